The monoisotopic (exact) mass is 292 g/mol. The van der Waals surface area contributed by atoms with Crippen molar-refractivity contribution in [2.75, 3.05) is 14.2 Å². The largest absolute Gasteiger partial charge is 0.511 e. The summed E-state index contributed by atoms with van der Waals surface area (Å²) in [5, 5.41) is 10.3. The molecule has 0 saturated heterocycles. The van der Waals surface area contributed by atoms with Gasteiger partial charge in [0.05, 0.1) is 25.2 Å². The number of carbonyl (C=O) groups is 1. The Morgan fingerprint density at radius 3 is 2.38 bits per heavy atom. The molecule has 0 saturated carbocycles. The first-order valence-corrected chi connectivity index (χ1v) is 6.66. The smallest absolute Gasteiger partial charge is 0.337 e. The number of ether oxygens (including phenoxy) is 3. The number of cyclic esters (lactones) is 1. The molecule has 114 valence electrons. The van der Waals surface area contributed by atoms with Gasteiger partial charge in [0, 0.05) is 0 Å². The van der Waals surface area contributed by atoms with Crippen LogP contribution in [0.5, 0.6) is 11.5 Å². The van der Waals surface area contributed by atoms with Crippen LogP contribution in [-0.4, -0.2) is 25.3 Å². The van der Waals surface area contributed by atoms with Gasteiger partial charge in [-0.3, -0.25) is 0 Å². The summed E-state index contributed by atoms with van der Waals surface area (Å²) in [6.45, 7) is 5.23. The van der Waals surface area contributed by atoms with E-state index in [2.05, 4.69) is 0 Å². The van der Waals surface area contributed by atoms with Crippen LogP contribution in [0.4, 0.5) is 0 Å². The zero-order chi connectivity index (χ0) is 15.8. The second-order valence-electron chi connectivity index (χ2n) is 5.60. The molecular weight excluding hydrogens is 272 g/mol. The van der Waals surface area contributed by atoms with Gasteiger partial charge < -0.3 is 19.3 Å². The van der Waals surface area contributed by atoms with E-state index in [4.69, 9.17) is 14.2 Å². The second kappa shape index (κ2) is 5.31. The Balaban J connectivity index is 2.49. The average molecular weight is 292 g/mol. The van der Waals surface area contributed by atoms with Gasteiger partial charge in [0.1, 0.15) is 11.9 Å². The number of aliphatic hydroxyl groups excluding tert-OH is 1. The van der Waals surface area contributed by atoms with E-state index in [0.717, 1.165) is 5.56 Å². The highest BCUT2D eigenvalue weighted by molar-refractivity contribution is 5.89. The van der Waals surface area contributed by atoms with Gasteiger partial charge in [-0.25, -0.2) is 4.79 Å². The van der Waals surface area contributed by atoms with Crippen LogP contribution in [0.15, 0.2) is 29.5 Å². The van der Waals surface area contributed by atoms with Crippen molar-refractivity contribution < 1.29 is 24.1 Å². The molecule has 1 aliphatic rings. The van der Waals surface area contributed by atoms with Crippen molar-refractivity contribution in [1.29, 1.82) is 0 Å². The van der Waals surface area contributed by atoms with Gasteiger partial charge in [0.15, 0.2) is 11.5 Å². The first-order chi connectivity index (χ1) is 9.82. The Hall–Kier alpha value is -2.17. The van der Waals surface area contributed by atoms with E-state index in [1.165, 1.54) is 0 Å². The van der Waals surface area contributed by atoms with E-state index in [-0.39, 0.29) is 11.3 Å². The van der Waals surface area contributed by atoms with Crippen LogP contribution in [0.1, 0.15) is 32.4 Å². The Kier molecular flexibility index (Phi) is 3.85. The number of esters is 1. The lowest BCUT2D eigenvalue weighted by molar-refractivity contribution is -0.155. The van der Waals surface area contributed by atoms with E-state index in [0.29, 0.717) is 11.5 Å². The highest BCUT2D eigenvalue weighted by Crippen LogP contribution is 2.47. The van der Waals surface area contributed by atoms with Crippen molar-refractivity contribution >= 4 is 5.97 Å². The topological polar surface area (TPSA) is 65.0 Å². The lowest BCUT2D eigenvalue weighted by atomic mass is 9.77. The van der Waals surface area contributed by atoms with Crippen molar-refractivity contribution in [2.24, 2.45) is 5.41 Å². The number of hydrogen-bond donors (Lipinski definition) is 1. The lowest BCUT2D eigenvalue weighted by Crippen LogP contribution is -2.35. The molecule has 0 aromatic heterocycles. The molecule has 1 heterocycles. The minimum atomic E-state index is -0.711. The first-order valence-electron chi connectivity index (χ1n) is 6.66. The van der Waals surface area contributed by atoms with Gasteiger partial charge >= 0.3 is 5.97 Å². The molecule has 0 unspecified atom stereocenters. The molecule has 1 atom stereocenters. The molecule has 0 radical (unpaired) electrons. The van der Waals surface area contributed by atoms with E-state index >= 15 is 0 Å². The fraction of sp³-hybridized carbons (Fsp3) is 0.438. The van der Waals surface area contributed by atoms with E-state index < -0.39 is 17.5 Å². The third-order valence-electron chi connectivity index (χ3n) is 3.86. The summed E-state index contributed by atoms with van der Waals surface area (Å²) in [4.78, 5) is 11.9. The van der Waals surface area contributed by atoms with Crippen molar-refractivity contribution in [1.82, 2.24) is 0 Å². The fourth-order valence-corrected chi connectivity index (χ4v) is 2.55. The Bertz CT molecular complexity index is 601. The molecule has 0 fully saturated rings. The summed E-state index contributed by atoms with van der Waals surface area (Å²) in [7, 11) is 3.10. The molecule has 0 aliphatic carbocycles. The quantitative estimate of drug-likeness (QED) is 0.867. The van der Waals surface area contributed by atoms with Gasteiger partial charge in [-0.1, -0.05) is 6.07 Å². The molecule has 0 spiro atoms. The number of carbonyl (C=O) groups excluding carboxylic acids is 1. The molecule has 5 heteroatoms. The van der Waals surface area contributed by atoms with Gasteiger partial charge in [-0.05, 0) is 38.5 Å². The Labute approximate surface area is 124 Å². The highest BCUT2D eigenvalue weighted by atomic mass is 16.5. The maximum absolute atomic E-state index is 11.9. The van der Waals surface area contributed by atoms with Crippen LogP contribution in [0.3, 0.4) is 0 Å². The lowest BCUT2D eigenvalue weighted by Gasteiger charge is -2.38. The standard InChI is InChI=1S/C16H20O5/c1-9-13(17)16(2,3)14(21-15(9)18)10-6-7-11(19-4)12(8-10)20-5/h6-8,14,17H,1-5H3/t14-/m0/s1. The number of methoxy groups -OCH3 is 2. The van der Waals surface area contributed by atoms with Crippen LogP contribution in [0.2, 0.25) is 0 Å². The van der Waals surface area contributed by atoms with Crippen LogP contribution in [-0.2, 0) is 9.53 Å². The predicted molar refractivity (Wildman–Crippen MR) is 77.5 cm³/mol. The molecule has 21 heavy (non-hydrogen) atoms. The van der Waals surface area contributed by atoms with Gasteiger partial charge in [0.2, 0.25) is 0 Å². The predicted octanol–water partition coefficient (Wildman–Crippen LogP) is 3.16. The SMILES string of the molecule is COc1ccc([C@@H]2OC(=O)C(C)=C(O)C2(C)C)cc1OC. The summed E-state index contributed by atoms with van der Waals surface area (Å²) < 4.78 is 16.0. The Morgan fingerprint density at radius 1 is 1.19 bits per heavy atom. The normalized spacial score (nSPS) is 21.0. The number of rotatable bonds is 3. The van der Waals surface area contributed by atoms with E-state index in [9.17, 15) is 9.90 Å². The summed E-state index contributed by atoms with van der Waals surface area (Å²) >= 11 is 0. The molecule has 0 amide bonds. The van der Waals surface area contributed by atoms with Crippen LogP contribution in [0, 0.1) is 5.41 Å². The highest BCUT2D eigenvalue weighted by Gasteiger charge is 2.44. The number of benzene rings is 1. The zero-order valence-electron chi connectivity index (χ0n) is 12.9. The molecule has 1 aliphatic heterocycles. The molecule has 1 N–H and O–H groups in total. The molecule has 5 nitrogen and oxygen atoms in total. The van der Waals surface area contributed by atoms with Gasteiger partial charge in [-0.15, -0.1) is 0 Å². The third kappa shape index (κ3) is 2.44. The molecule has 1 aromatic carbocycles. The summed E-state index contributed by atoms with van der Waals surface area (Å²) in [5.74, 6) is 0.690. The minimum absolute atomic E-state index is 0.0542. The number of aliphatic hydroxyl groups is 1. The molecular formula is C16H20O5. The van der Waals surface area contributed by atoms with Crippen molar-refractivity contribution in [3.63, 3.8) is 0 Å². The summed E-state index contributed by atoms with van der Waals surface area (Å²) in [5.41, 5.74) is 0.277. The average Bonchev–Trinajstić information content (AvgIpc) is 2.48. The van der Waals surface area contributed by atoms with E-state index in [1.54, 1.807) is 39.3 Å². The maximum Gasteiger partial charge on any atom is 0.337 e. The van der Waals surface area contributed by atoms with E-state index in [1.807, 2.05) is 13.8 Å². The third-order valence-corrected chi connectivity index (χ3v) is 3.86. The fourth-order valence-electron chi connectivity index (χ4n) is 2.55. The minimum Gasteiger partial charge on any atom is -0.511 e. The van der Waals surface area contributed by atoms with Crippen LogP contribution >= 0.6 is 0 Å². The van der Waals surface area contributed by atoms with Crippen molar-refractivity contribution in [3.05, 3.63) is 35.1 Å². The second-order valence-corrected chi connectivity index (χ2v) is 5.60. The van der Waals surface area contributed by atoms with Crippen LogP contribution in [0.25, 0.3) is 0 Å². The van der Waals surface area contributed by atoms with Crippen LogP contribution < -0.4 is 9.47 Å². The summed E-state index contributed by atoms with van der Waals surface area (Å²) in [6, 6.07) is 5.31. The van der Waals surface area contributed by atoms with Crippen molar-refractivity contribution in [3.8, 4) is 11.5 Å². The zero-order valence-corrected chi connectivity index (χ0v) is 12.9. The Morgan fingerprint density at radius 2 is 1.81 bits per heavy atom. The van der Waals surface area contributed by atoms with Gasteiger partial charge in [-0.2, -0.15) is 0 Å². The summed E-state index contributed by atoms with van der Waals surface area (Å²) in [6.07, 6.45) is -0.589. The van der Waals surface area contributed by atoms with Gasteiger partial charge in [0.25, 0.3) is 0 Å². The first kappa shape index (κ1) is 15.2. The molecule has 1 aromatic rings. The molecule has 2 rings (SSSR count). The number of hydrogen-bond acceptors (Lipinski definition) is 5. The molecule has 0 bridgehead atoms. The maximum atomic E-state index is 11.9. The van der Waals surface area contributed by atoms with Crippen molar-refractivity contribution in [2.45, 2.75) is 26.9 Å².